The van der Waals surface area contributed by atoms with E-state index in [-0.39, 0.29) is 18.1 Å². The molecule has 0 spiro atoms. The number of hydrogen-bond acceptors (Lipinski definition) is 2. The Morgan fingerprint density at radius 3 is 2.00 bits per heavy atom. The second-order valence-electron chi connectivity index (χ2n) is 4.38. The van der Waals surface area contributed by atoms with E-state index in [9.17, 15) is 0 Å². The van der Waals surface area contributed by atoms with Crippen LogP contribution in [0.2, 0.25) is 6.32 Å². The fourth-order valence-corrected chi connectivity index (χ4v) is 1.32. The first kappa shape index (κ1) is 9.08. The summed E-state index contributed by atoms with van der Waals surface area (Å²) in [6.07, 6.45) is 0.983. The largest absolute Gasteiger partial charge is 0.457 e. The van der Waals surface area contributed by atoms with Gasteiger partial charge in [0, 0.05) is 7.11 Å². The summed E-state index contributed by atoms with van der Waals surface area (Å²) in [7, 11) is 1.68. The predicted molar refractivity (Wildman–Crippen MR) is 46.5 cm³/mol. The summed E-state index contributed by atoms with van der Waals surface area (Å²) < 4.78 is 10.9. The van der Waals surface area contributed by atoms with Gasteiger partial charge in [0.2, 0.25) is 0 Å². The molecular weight excluding hydrogens is 139 g/mol. The molecule has 1 rings (SSSR count). The molecule has 1 aliphatic heterocycles. The molecule has 0 saturated carbocycles. The Morgan fingerprint density at radius 2 is 1.82 bits per heavy atom. The monoisotopic (exact) mass is 156 g/mol. The van der Waals surface area contributed by atoms with Crippen molar-refractivity contribution in [2.45, 2.75) is 39.6 Å². The van der Waals surface area contributed by atoms with E-state index in [0.717, 1.165) is 6.32 Å². The molecule has 11 heavy (non-hydrogen) atoms. The summed E-state index contributed by atoms with van der Waals surface area (Å²) in [5, 5.41) is 0. The van der Waals surface area contributed by atoms with Crippen LogP contribution in [0.1, 0.15) is 27.7 Å². The van der Waals surface area contributed by atoms with Crippen molar-refractivity contribution in [2.24, 2.45) is 5.41 Å². The van der Waals surface area contributed by atoms with Crippen LogP contribution < -0.4 is 0 Å². The maximum atomic E-state index is 5.69. The van der Waals surface area contributed by atoms with Gasteiger partial charge in [-0.15, -0.1) is 0 Å². The van der Waals surface area contributed by atoms with Crippen molar-refractivity contribution in [3.05, 3.63) is 0 Å². The molecule has 0 aromatic rings. The zero-order chi connectivity index (χ0) is 8.70. The molecule has 0 aromatic carbocycles. The third-order valence-electron chi connectivity index (χ3n) is 3.00. The van der Waals surface area contributed by atoms with Crippen molar-refractivity contribution in [3.8, 4) is 0 Å². The summed E-state index contributed by atoms with van der Waals surface area (Å²) in [5.41, 5.74) is 0.154. The second-order valence-corrected chi connectivity index (χ2v) is 4.38. The van der Waals surface area contributed by atoms with Crippen LogP contribution in [0.25, 0.3) is 0 Å². The Balaban J connectivity index is 2.72. The van der Waals surface area contributed by atoms with E-state index in [2.05, 4.69) is 27.7 Å². The van der Waals surface area contributed by atoms with Gasteiger partial charge in [0.1, 0.15) is 0 Å². The molecule has 1 heterocycles. The molecule has 0 N–H and O–H groups in total. The standard InChI is InChI=1S/C8H17BO2/c1-7(2)6-9(10-5)11-8(7,3)4/h6H2,1-5H3. The molecule has 0 bridgehead atoms. The van der Waals surface area contributed by atoms with Gasteiger partial charge in [-0.3, -0.25) is 0 Å². The van der Waals surface area contributed by atoms with E-state index < -0.39 is 0 Å². The Hall–Kier alpha value is -0.0151. The molecule has 64 valence electrons. The maximum absolute atomic E-state index is 5.69. The SMILES string of the molecule is COB1CC(C)(C)C(C)(C)O1. The molecule has 0 radical (unpaired) electrons. The summed E-state index contributed by atoms with van der Waals surface area (Å²) in [6.45, 7) is 8.66. The molecule has 0 aliphatic carbocycles. The molecule has 2 nitrogen and oxygen atoms in total. The molecule has 3 heteroatoms. The Labute approximate surface area is 69.4 Å². The van der Waals surface area contributed by atoms with Gasteiger partial charge in [-0.25, -0.2) is 0 Å². The molecule has 0 aromatic heterocycles. The Kier molecular flexibility index (Phi) is 2.06. The van der Waals surface area contributed by atoms with Gasteiger partial charge >= 0.3 is 7.12 Å². The topological polar surface area (TPSA) is 18.5 Å². The van der Waals surface area contributed by atoms with E-state index in [0.29, 0.717) is 0 Å². The quantitative estimate of drug-likeness (QED) is 0.540. The first-order valence-corrected chi connectivity index (χ1v) is 4.10. The van der Waals surface area contributed by atoms with Crippen molar-refractivity contribution in [1.82, 2.24) is 0 Å². The molecular formula is C8H17BO2. The van der Waals surface area contributed by atoms with E-state index in [4.69, 9.17) is 9.31 Å². The Morgan fingerprint density at radius 1 is 1.27 bits per heavy atom. The minimum Gasteiger partial charge on any atom is -0.414 e. The minimum atomic E-state index is -0.0618. The summed E-state index contributed by atoms with van der Waals surface area (Å²) >= 11 is 0. The van der Waals surface area contributed by atoms with Crippen LogP contribution in [0.3, 0.4) is 0 Å². The third kappa shape index (κ3) is 1.45. The highest BCUT2D eigenvalue weighted by Gasteiger charge is 2.50. The van der Waals surface area contributed by atoms with E-state index in [1.165, 1.54) is 0 Å². The van der Waals surface area contributed by atoms with Crippen LogP contribution >= 0.6 is 0 Å². The highest BCUT2D eigenvalue weighted by molar-refractivity contribution is 6.45. The lowest BCUT2D eigenvalue weighted by Gasteiger charge is -2.33. The van der Waals surface area contributed by atoms with Crippen LogP contribution in [-0.4, -0.2) is 19.8 Å². The molecule has 1 saturated heterocycles. The van der Waals surface area contributed by atoms with Crippen molar-refractivity contribution < 1.29 is 9.31 Å². The molecule has 0 amide bonds. The number of hydrogen-bond donors (Lipinski definition) is 0. The average Bonchev–Trinajstić information content (AvgIpc) is 2.03. The summed E-state index contributed by atoms with van der Waals surface area (Å²) in [4.78, 5) is 0. The van der Waals surface area contributed by atoms with Gasteiger partial charge in [-0.05, 0) is 25.6 Å². The van der Waals surface area contributed by atoms with Crippen LogP contribution in [0.15, 0.2) is 0 Å². The minimum absolute atomic E-state index is 0.0139. The highest BCUT2D eigenvalue weighted by atomic mass is 16.6. The van der Waals surface area contributed by atoms with Gasteiger partial charge in [0.25, 0.3) is 0 Å². The van der Waals surface area contributed by atoms with Gasteiger partial charge in [-0.1, -0.05) is 13.8 Å². The summed E-state index contributed by atoms with van der Waals surface area (Å²) in [5.74, 6) is 0. The number of rotatable bonds is 1. The summed E-state index contributed by atoms with van der Waals surface area (Å²) in [6, 6.07) is 0. The van der Waals surface area contributed by atoms with Crippen molar-refractivity contribution in [3.63, 3.8) is 0 Å². The van der Waals surface area contributed by atoms with E-state index in [1.54, 1.807) is 7.11 Å². The lowest BCUT2D eigenvalue weighted by molar-refractivity contribution is 0.0255. The highest BCUT2D eigenvalue weighted by Crippen LogP contribution is 2.45. The first-order valence-electron chi connectivity index (χ1n) is 4.10. The zero-order valence-corrected chi connectivity index (χ0v) is 8.10. The molecule has 1 fully saturated rings. The first-order chi connectivity index (χ1) is 4.89. The second kappa shape index (κ2) is 2.49. The van der Waals surface area contributed by atoms with Crippen molar-refractivity contribution >= 4 is 7.12 Å². The normalized spacial score (nSPS) is 27.5. The molecule has 0 unspecified atom stereocenters. The lowest BCUT2D eigenvalue weighted by atomic mass is 9.69. The fourth-order valence-electron chi connectivity index (χ4n) is 1.32. The van der Waals surface area contributed by atoms with Crippen LogP contribution in [0.4, 0.5) is 0 Å². The predicted octanol–water partition coefficient (Wildman–Crippen LogP) is 1.96. The van der Waals surface area contributed by atoms with Gasteiger partial charge in [0.05, 0.1) is 5.60 Å². The molecule has 1 aliphatic rings. The van der Waals surface area contributed by atoms with Gasteiger partial charge in [-0.2, -0.15) is 0 Å². The van der Waals surface area contributed by atoms with E-state index in [1.807, 2.05) is 0 Å². The average molecular weight is 156 g/mol. The van der Waals surface area contributed by atoms with Crippen molar-refractivity contribution in [1.29, 1.82) is 0 Å². The van der Waals surface area contributed by atoms with Crippen molar-refractivity contribution in [2.75, 3.05) is 7.11 Å². The smallest absolute Gasteiger partial charge is 0.414 e. The fraction of sp³-hybridized carbons (Fsp3) is 1.00. The Bertz CT molecular complexity index is 138. The van der Waals surface area contributed by atoms with Crippen LogP contribution in [0, 0.1) is 5.41 Å². The zero-order valence-electron chi connectivity index (χ0n) is 8.10. The van der Waals surface area contributed by atoms with Crippen LogP contribution in [-0.2, 0) is 9.31 Å². The van der Waals surface area contributed by atoms with Gasteiger partial charge in [0.15, 0.2) is 0 Å². The third-order valence-corrected chi connectivity index (χ3v) is 3.00. The maximum Gasteiger partial charge on any atom is 0.457 e. The lowest BCUT2D eigenvalue weighted by Crippen LogP contribution is -2.34. The van der Waals surface area contributed by atoms with Gasteiger partial charge < -0.3 is 9.31 Å². The van der Waals surface area contributed by atoms with E-state index >= 15 is 0 Å². The van der Waals surface area contributed by atoms with Crippen LogP contribution in [0.5, 0.6) is 0 Å². The molecule has 0 atom stereocenters.